The summed E-state index contributed by atoms with van der Waals surface area (Å²) in [4.78, 5) is 4.03. The molecule has 0 saturated carbocycles. The van der Waals surface area contributed by atoms with Crippen molar-refractivity contribution in [3.8, 4) is 5.82 Å². The second-order valence-electron chi connectivity index (χ2n) is 3.39. The Morgan fingerprint density at radius 2 is 2.06 bits per heavy atom. The first-order chi connectivity index (χ1) is 7.89. The maximum absolute atomic E-state index is 12.5. The van der Waals surface area contributed by atoms with Gasteiger partial charge in [0.25, 0.3) is 0 Å². The van der Waals surface area contributed by atoms with Gasteiger partial charge in [-0.15, -0.1) is 0 Å². The molecule has 2 aromatic heterocycles. The van der Waals surface area contributed by atoms with Gasteiger partial charge in [0.1, 0.15) is 0 Å². The third-order valence-electron chi connectivity index (χ3n) is 2.12. The van der Waals surface area contributed by atoms with Crippen LogP contribution in [0.15, 0.2) is 24.4 Å². The van der Waals surface area contributed by atoms with Crippen molar-refractivity contribution in [2.75, 3.05) is 0 Å². The minimum Gasteiger partial charge on any atom is -0.236 e. The molecule has 0 aromatic carbocycles. The van der Waals surface area contributed by atoms with Gasteiger partial charge in [-0.25, -0.2) is 9.67 Å². The normalized spacial score (nSPS) is 11.8. The van der Waals surface area contributed by atoms with Crippen LogP contribution in [0, 0.1) is 10.5 Å². The van der Waals surface area contributed by atoms with E-state index >= 15 is 0 Å². The van der Waals surface area contributed by atoms with Crippen LogP contribution in [0.1, 0.15) is 11.4 Å². The number of halogens is 4. The van der Waals surface area contributed by atoms with Crippen molar-refractivity contribution in [1.29, 1.82) is 0 Å². The molecule has 0 aliphatic heterocycles. The van der Waals surface area contributed by atoms with Gasteiger partial charge in [0.2, 0.25) is 0 Å². The Hall–Kier alpha value is -1.12. The molecule has 90 valence electrons. The molecule has 0 unspecified atom stereocenters. The second kappa shape index (κ2) is 4.28. The molecule has 2 heterocycles. The highest BCUT2D eigenvalue weighted by atomic mass is 127. The van der Waals surface area contributed by atoms with Crippen LogP contribution in [0.3, 0.4) is 0 Å². The van der Waals surface area contributed by atoms with E-state index in [0.29, 0.717) is 11.5 Å². The second-order valence-corrected chi connectivity index (χ2v) is 4.55. The van der Waals surface area contributed by atoms with E-state index in [1.165, 1.54) is 10.9 Å². The molecule has 0 aliphatic carbocycles. The highest BCUT2D eigenvalue weighted by Crippen LogP contribution is 2.29. The molecule has 0 amide bonds. The average molecular weight is 353 g/mol. The molecular formula is C10H7F3IN3. The predicted octanol–water partition coefficient (Wildman–Crippen LogP) is 3.20. The zero-order valence-corrected chi connectivity index (χ0v) is 10.8. The van der Waals surface area contributed by atoms with E-state index in [9.17, 15) is 13.2 Å². The van der Waals surface area contributed by atoms with Crippen LogP contribution < -0.4 is 0 Å². The van der Waals surface area contributed by atoms with Gasteiger partial charge in [0.15, 0.2) is 11.5 Å². The molecule has 7 heteroatoms. The Labute approximate surface area is 109 Å². The summed E-state index contributed by atoms with van der Waals surface area (Å²) < 4.78 is 39.4. The molecule has 0 fully saturated rings. The zero-order valence-electron chi connectivity index (χ0n) is 8.66. The standard InChI is InChI=1S/C10H7F3IN3/c1-6-5-8(10(11,12)13)16-17(6)9-7(14)3-2-4-15-9/h2-5H,1H3. The molecule has 3 nitrogen and oxygen atoms in total. The van der Waals surface area contributed by atoms with E-state index in [1.54, 1.807) is 19.1 Å². The van der Waals surface area contributed by atoms with Gasteiger partial charge in [0, 0.05) is 11.9 Å². The quantitative estimate of drug-likeness (QED) is 0.738. The Morgan fingerprint density at radius 3 is 2.59 bits per heavy atom. The minimum atomic E-state index is -4.43. The van der Waals surface area contributed by atoms with Crippen molar-refractivity contribution < 1.29 is 13.2 Å². The SMILES string of the molecule is Cc1cc(C(F)(F)F)nn1-c1ncccc1I. The molecule has 0 spiro atoms. The number of rotatable bonds is 1. The van der Waals surface area contributed by atoms with Gasteiger partial charge in [0.05, 0.1) is 3.57 Å². The number of alkyl halides is 3. The third-order valence-corrected chi connectivity index (χ3v) is 2.96. The van der Waals surface area contributed by atoms with Crippen LogP contribution in [0.2, 0.25) is 0 Å². The van der Waals surface area contributed by atoms with Gasteiger partial charge in [-0.2, -0.15) is 18.3 Å². The van der Waals surface area contributed by atoms with Crippen molar-refractivity contribution in [2.45, 2.75) is 13.1 Å². The first-order valence-electron chi connectivity index (χ1n) is 4.64. The highest BCUT2D eigenvalue weighted by molar-refractivity contribution is 14.1. The first-order valence-corrected chi connectivity index (χ1v) is 5.72. The van der Waals surface area contributed by atoms with Gasteiger partial charge in [-0.3, -0.25) is 0 Å². The molecule has 0 atom stereocenters. The Kier molecular flexibility index (Phi) is 3.11. The summed E-state index contributed by atoms with van der Waals surface area (Å²) in [5.41, 5.74) is -0.509. The highest BCUT2D eigenvalue weighted by Gasteiger charge is 2.34. The predicted molar refractivity (Wildman–Crippen MR) is 63.8 cm³/mol. The van der Waals surface area contributed by atoms with E-state index in [0.717, 1.165) is 9.64 Å². The van der Waals surface area contributed by atoms with Crippen LogP contribution in [-0.4, -0.2) is 14.8 Å². The lowest BCUT2D eigenvalue weighted by Gasteiger charge is -2.05. The van der Waals surface area contributed by atoms with Crippen molar-refractivity contribution in [2.24, 2.45) is 0 Å². The molecule has 17 heavy (non-hydrogen) atoms. The van der Waals surface area contributed by atoms with Crippen LogP contribution in [-0.2, 0) is 6.18 Å². The van der Waals surface area contributed by atoms with Crippen molar-refractivity contribution in [3.05, 3.63) is 39.4 Å². The van der Waals surface area contributed by atoms with E-state index in [-0.39, 0.29) is 0 Å². The van der Waals surface area contributed by atoms with Gasteiger partial charge >= 0.3 is 6.18 Å². The fourth-order valence-corrected chi connectivity index (χ4v) is 1.94. The lowest BCUT2D eigenvalue weighted by Crippen LogP contribution is -2.09. The lowest BCUT2D eigenvalue weighted by atomic mass is 10.3. The van der Waals surface area contributed by atoms with E-state index in [2.05, 4.69) is 10.1 Å². The topological polar surface area (TPSA) is 30.7 Å². The van der Waals surface area contributed by atoms with Crippen molar-refractivity contribution in [1.82, 2.24) is 14.8 Å². The fraction of sp³-hybridized carbons (Fsp3) is 0.200. The summed E-state index contributed by atoms with van der Waals surface area (Å²) in [6.07, 6.45) is -2.91. The number of hydrogen-bond acceptors (Lipinski definition) is 2. The molecule has 2 aromatic rings. The maximum Gasteiger partial charge on any atom is 0.435 e. The minimum absolute atomic E-state index is 0.397. The Morgan fingerprint density at radius 1 is 1.35 bits per heavy atom. The van der Waals surface area contributed by atoms with E-state index < -0.39 is 11.9 Å². The van der Waals surface area contributed by atoms with E-state index in [4.69, 9.17) is 0 Å². The summed E-state index contributed by atoms with van der Waals surface area (Å²) in [7, 11) is 0. The summed E-state index contributed by atoms with van der Waals surface area (Å²) >= 11 is 2.01. The lowest BCUT2D eigenvalue weighted by molar-refractivity contribution is -0.141. The van der Waals surface area contributed by atoms with E-state index in [1.807, 2.05) is 22.6 Å². The van der Waals surface area contributed by atoms with Gasteiger partial charge in [-0.1, -0.05) is 0 Å². The fourth-order valence-electron chi connectivity index (χ4n) is 1.36. The Bertz CT molecular complexity index is 548. The average Bonchev–Trinajstić information content (AvgIpc) is 2.61. The number of hydrogen-bond donors (Lipinski definition) is 0. The number of aryl methyl sites for hydroxylation is 1. The van der Waals surface area contributed by atoms with Crippen molar-refractivity contribution >= 4 is 22.6 Å². The smallest absolute Gasteiger partial charge is 0.236 e. The summed E-state index contributed by atoms with van der Waals surface area (Å²) in [5.74, 6) is 0.404. The molecule has 0 aliphatic rings. The molecule has 2 rings (SSSR count). The summed E-state index contributed by atoms with van der Waals surface area (Å²) in [5, 5.41) is 3.54. The first kappa shape index (κ1) is 12.3. The molecule has 0 radical (unpaired) electrons. The molecule has 0 N–H and O–H groups in total. The Balaban J connectivity index is 2.55. The monoisotopic (exact) mass is 353 g/mol. The zero-order chi connectivity index (χ0) is 12.6. The molecule has 0 bridgehead atoms. The molecule has 0 saturated heterocycles. The number of aromatic nitrogens is 3. The summed E-state index contributed by atoms with van der Waals surface area (Å²) in [6, 6.07) is 4.48. The van der Waals surface area contributed by atoms with Crippen LogP contribution in [0.5, 0.6) is 0 Å². The number of pyridine rings is 1. The van der Waals surface area contributed by atoms with Crippen LogP contribution >= 0.6 is 22.6 Å². The van der Waals surface area contributed by atoms with Gasteiger partial charge < -0.3 is 0 Å². The third kappa shape index (κ3) is 2.43. The summed E-state index contributed by atoms with van der Waals surface area (Å²) in [6.45, 7) is 1.56. The van der Waals surface area contributed by atoms with Gasteiger partial charge in [-0.05, 0) is 47.7 Å². The maximum atomic E-state index is 12.5. The van der Waals surface area contributed by atoms with Crippen LogP contribution in [0.25, 0.3) is 5.82 Å². The van der Waals surface area contributed by atoms with Crippen molar-refractivity contribution in [3.63, 3.8) is 0 Å². The number of nitrogens with zero attached hydrogens (tertiary/aromatic N) is 3. The molecular weight excluding hydrogens is 346 g/mol. The van der Waals surface area contributed by atoms with Crippen LogP contribution in [0.4, 0.5) is 13.2 Å². The largest absolute Gasteiger partial charge is 0.435 e.